The van der Waals surface area contributed by atoms with Crippen molar-refractivity contribution in [3.05, 3.63) is 32.3 Å². The average molecular weight is 275 g/mol. The fourth-order valence-electron chi connectivity index (χ4n) is 1.08. The first kappa shape index (κ1) is 11.4. The highest BCUT2D eigenvalue weighted by atomic mass is 79.9. The predicted molar refractivity (Wildman–Crippen MR) is 56.5 cm³/mol. The first-order valence-corrected chi connectivity index (χ1v) is 4.65. The molecule has 0 radical (unpaired) electrons. The van der Waals surface area contributed by atoms with Gasteiger partial charge in [0.2, 0.25) is 0 Å². The summed E-state index contributed by atoms with van der Waals surface area (Å²) in [6.45, 7) is 0. The van der Waals surface area contributed by atoms with Crippen molar-refractivity contribution in [3.63, 3.8) is 0 Å². The summed E-state index contributed by atoms with van der Waals surface area (Å²) in [4.78, 5) is 20.3. The summed E-state index contributed by atoms with van der Waals surface area (Å²) in [7, 11) is 0. The Hall–Kier alpha value is -1.63. The molecule has 0 saturated carbocycles. The van der Waals surface area contributed by atoms with E-state index < -0.39 is 10.9 Å². The molecule has 0 fully saturated rings. The monoisotopic (exact) mass is 274 g/mol. The van der Waals surface area contributed by atoms with Gasteiger partial charge >= 0.3 is 5.97 Å². The highest BCUT2D eigenvalue weighted by molar-refractivity contribution is 9.10. The van der Waals surface area contributed by atoms with Crippen molar-refractivity contribution in [3.8, 4) is 0 Å². The molecule has 1 rings (SSSR count). The van der Waals surface area contributed by atoms with Crippen LogP contribution in [0.3, 0.4) is 0 Å². The van der Waals surface area contributed by atoms with E-state index in [2.05, 4.69) is 15.9 Å². The first-order valence-electron chi connectivity index (χ1n) is 3.86. The molecule has 0 amide bonds. The fraction of sp³-hybridized carbons (Fsp3) is 0.125. The minimum atomic E-state index is -1.02. The number of nitrogens with two attached hydrogens (primary N) is 1. The molecule has 0 bridgehead atoms. The summed E-state index contributed by atoms with van der Waals surface area (Å²) in [6, 6.07) is 2.49. The normalized spacial score (nSPS) is 9.93. The quantitative estimate of drug-likeness (QED) is 0.494. The van der Waals surface area contributed by atoms with E-state index in [1.165, 1.54) is 12.1 Å². The molecule has 1 aromatic carbocycles. The minimum absolute atomic E-state index is 0.0422. The lowest BCUT2D eigenvalue weighted by Gasteiger charge is -2.03. The van der Waals surface area contributed by atoms with Crippen LogP contribution in [0.2, 0.25) is 0 Å². The molecule has 1 aromatic rings. The second-order valence-electron chi connectivity index (χ2n) is 2.83. The average Bonchev–Trinajstić information content (AvgIpc) is 2.09. The number of rotatable bonds is 3. The molecule has 0 heterocycles. The van der Waals surface area contributed by atoms with Gasteiger partial charge in [-0.15, -0.1) is 0 Å². The summed E-state index contributed by atoms with van der Waals surface area (Å²) in [5, 5.41) is 19.1. The lowest BCUT2D eigenvalue weighted by atomic mass is 10.1. The molecule has 15 heavy (non-hydrogen) atoms. The Morgan fingerprint density at radius 2 is 2.20 bits per heavy atom. The third-order valence-corrected chi connectivity index (χ3v) is 2.47. The summed E-state index contributed by atoms with van der Waals surface area (Å²) in [6.07, 6.45) is -0.233. The molecule has 0 aliphatic rings. The predicted octanol–water partition coefficient (Wildman–Crippen LogP) is 1.57. The molecular weight excluding hydrogens is 268 g/mol. The van der Waals surface area contributed by atoms with Gasteiger partial charge in [-0.25, -0.2) is 0 Å². The van der Waals surface area contributed by atoms with E-state index in [1.807, 2.05) is 0 Å². The van der Waals surface area contributed by atoms with Crippen LogP contribution >= 0.6 is 15.9 Å². The number of hydrogen-bond donors (Lipinski definition) is 2. The minimum Gasteiger partial charge on any atom is -0.481 e. The Labute approximate surface area is 93.0 Å². The maximum Gasteiger partial charge on any atom is 0.307 e. The second kappa shape index (κ2) is 4.26. The zero-order valence-electron chi connectivity index (χ0n) is 7.44. The van der Waals surface area contributed by atoms with Gasteiger partial charge in [0.25, 0.3) is 5.69 Å². The number of carboxylic acid groups (broad SMARTS) is 1. The Morgan fingerprint density at radius 3 is 2.67 bits per heavy atom. The summed E-state index contributed by atoms with van der Waals surface area (Å²) in [5.74, 6) is -1.02. The van der Waals surface area contributed by atoms with Crippen molar-refractivity contribution in [2.45, 2.75) is 6.42 Å². The van der Waals surface area contributed by atoms with Gasteiger partial charge in [0.05, 0.1) is 11.3 Å². The molecule has 7 heteroatoms. The second-order valence-corrected chi connectivity index (χ2v) is 3.68. The van der Waals surface area contributed by atoms with Crippen molar-refractivity contribution in [2.24, 2.45) is 0 Å². The van der Waals surface area contributed by atoms with Crippen LogP contribution in [-0.4, -0.2) is 16.0 Å². The number of halogens is 1. The summed E-state index contributed by atoms with van der Waals surface area (Å²) >= 11 is 3.05. The van der Waals surface area contributed by atoms with Gasteiger partial charge in [-0.05, 0) is 11.6 Å². The SMILES string of the molecule is Nc1cc(CC(=O)O)c(Br)cc1[N+](=O)[O-]. The van der Waals surface area contributed by atoms with Gasteiger partial charge < -0.3 is 10.8 Å². The molecule has 6 nitrogen and oxygen atoms in total. The summed E-state index contributed by atoms with van der Waals surface area (Å²) < 4.78 is 0.366. The number of carboxylic acids is 1. The van der Waals surface area contributed by atoms with Crippen molar-refractivity contribution in [1.82, 2.24) is 0 Å². The number of nitrogen functional groups attached to an aromatic ring is 1. The maximum absolute atomic E-state index is 10.5. The number of carbonyl (C=O) groups is 1. The van der Waals surface area contributed by atoms with Crippen molar-refractivity contribution in [1.29, 1.82) is 0 Å². The molecule has 0 saturated heterocycles. The van der Waals surface area contributed by atoms with Crippen LogP contribution in [0.25, 0.3) is 0 Å². The molecule has 80 valence electrons. The third kappa shape index (κ3) is 2.66. The third-order valence-electron chi connectivity index (χ3n) is 1.73. The summed E-state index contributed by atoms with van der Waals surface area (Å²) in [5.41, 5.74) is 5.54. The topological polar surface area (TPSA) is 106 Å². The van der Waals surface area contributed by atoms with E-state index in [-0.39, 0.29) is 17.8 Å². The number of nitro groups is 1. The molecule has 0 unspecified atom stereocenters. The van der Waals surface area contributed by atoms with Crippen LogP contribution in [0.1, 0.15) is 5.56 Å². The van der Waals surface area contributed by atoms with Crippen LogP contribution in [0, 0.1) is 10.1 Å². The highest BCUT2D eigenvalue weighted by Gasteiger charge is 2.16. The lowest BCUT2D eigenvalue weighted by molar-refractivity contribution is -0.384. The Morgan fingerprint density at radius 1 is 1.60 bits per heavy atom. The molecule has 0 aliphatic carbocycles. The number of aliphatic carboxylic acids is 1. The van der Waals surface area contributed by atoms with Gasteiger partial charge in [0.1, 0.15) is 5.69 Å². The lowest BCUT2D eigenvalue weighted by Crippen LogP contribution is -2.03. The molecular formula is C8H7BrN2O4. The number of hydrogen-bond acceptors (Lipinski definition) is 4. The zero-order valence-corrected chi connectivity index (χ0v) is 9.02. The van der Waals surface area contributed by atoms with E-state index in [1.54, 1.807) is 0 Å². The van der Waals surface area contributed by atoms with Crippen LogP contribution in [0.4, 0.5) is 11.4 Å². The Bertz CT molecular complexity index is 433. The van der Waals surface area contributed by atoms with E-state index in [0.717, 1.165) is 0 Å². The van der Waals surface area contributed by atoms with Gasteiger partial charge in [0, 0.05) is 10.5 Å². The van der Waals surface area contributed by atoms with E-state index in [0.29, 0.717) is 10.0 Å². The smallest absolute Gasteiger partial charge is 0.307 e. The number of benzene rings is 1. The molecule has 0 aromatic heterocycles. The van der Waals surface area contributed by atoms with Crippen LogP contribution in [0.15, 0.2) is 16.6 Å². The van der Waals surface area contributed by atoms with E-state index in [9.17, 15) is 14.9 Å². The van der Waals surface area contributed by atoms with Gasteiger partial charge in [-0.3, -0.25) is 14.9 Å². The van der Waals surface area contributed by atoms with Crippen LogP contribution in [-0.2, 0) is 11.2 Å². The number of nitro benzene ring substituents is 1. The molecule has 0 aliphatic heterocycles. The molecule has 0 atom stereocenters. The van der Waals surface area contributed by atoms with Crippen molar-refractivity contribution < 1.29 is 14.8 Å². The first-order chi connectivity index (χ1) is 6.91. The van der Waals surface area contributed by atoms with Crippen molar-refractivity contribution in [2.75, 3.05) is 5.73 Å². The largest absolute Gasteiger partial charge is 0.481 e. The van der Waals surface area contributed by atoms with Gasteiger partial charge in [-0.1, -0.05) is 15.9 Å². The Kier molecular flexibility index (Phi) is 3.25. The van der Waals surface area contributed by atoms with Crippen LogP contribution < -0.4 is 5.73 Å². The number of anilines is 1. The van der Waals surface area contributed by atoms with Crippen molar-refractivity contribution >= 4 is 33.3 Å². The van der Waals surface area contributed by atoms with Gasteiger partial charge in [0.15, 0.2) is 0 Å². The number of nitrogens with zero attached hydrogens (tertiary/aromatic N) is 1. The van der Waals surface area contributed by atoms with E-state index in [4.69, 9.17) is 10.8 Å². The zero-order chi connectivity index (χ0) is 11.6. The van der Waals surface area contributed by atoms with E-state index >= 15 is 0 Å². The highest BCUT2D eigenvalue weighted by Crippen LogP contribution is 2.29. The molecule has 0 spiro atoms. The Balaban J connectivity index is 3.19. The standard InChI is InChI=1S/C8H7BrN2O4/c9-5-3-7(11(14)15)6(10)1-4(5)2-8(12)13/h1,3H,2,10H2,(H,12,13). The van der Waals surface area contributed by atoms with Crippen LogP contribution in [0.5, 0.6) is 0 Å². The van der Waals surface area contributed by atoms with Gasteiger partial charge in [-0.2, -0.15) is 0 Å². The maximum atomic E-state index is 10.5. The fourth-order valence-corrected chi connectivity index (χ4v) is 1.55. The molecule has 3 N–H and O–H groups in total.